The Hall–Kier alpha value is -3.23. The Labute approximate surface area is 141 Å². The zero-order chi connectivity index (χ0) is 18.4. The summed E-state index contributed by atoms with van der Waals surface area (Å²) in [7, 11) is 0. The Morgan fingerprint density at radius 3 is 2.68 bits per heavy atom. The molecule has 0 radical (unpaired) electrons. The fraction of sp³-hybridized carbons (Fsp3) is 0.188. The van der Waals surface area contributed by atoms with Gasteiger partial charge in [-0.2, -0.15) is 0 Å². The molecule has 9 heteroatoms. The summed E-state index contributed by atoms with van der Waals surface area (Å²) in [4.78, 5) is 35.1. The maximum absolute atomic E-state index is 13.4. The molecule has 0 saturated heterocycles. The van der Waals surface area contributed by atoms with E-state index >= 15 is 0 Å². The average Bonchev–Trinajstić information content (AvgIpc) is 3.10. The highest BCUT2D eigenvalue weighted by atomic mass is 19.1. The van der Waals surface area contributed by atoms with Gasteiger partial charge in [0, 0.05) is 6.07 Å². The van der Waals surface area contributed by atoms with Crippen molar-refractivity contribution in [2.45, 2.75) is 13.0 Å². The molecule has 1 aromatic heterocycles. The summed E-state index contributed by atoms with van der Waals surface area (Å²) < 4.78 is 36.0. The summed E-state index contributed by atoms with van der Waals surface area (Å²) in [6, 6.07) is 4.41. The number of rotatable bonds is 6. The summed E-state index contributed by atoms with van der Waals surface area (Å²) in [6.07, 6.45) is 1.30. The fourth-order valence-electron chi connectivity index (χ4n) is 1.78. The minimum Gasteiger partial charge on any atom is -0.459 e. The van der Waals surface area contributed by atoms with Crippen molar-refractivity contribution in [3.63, 3.8) is 0 Å². The Kier molecular flexibility index (Phi) is 5.83. The van der Waals surface area contributed by atoms with Gasteiger partial charge in [0.15, 0.2) is 12.4 Å². The molecule has 132 valence electrons. The van der Waals surface area contributed by atoms with Gasteiger partial charge in [-0.25, -0.2) is 13.6 Å². The quantitative estimate of drug-likeness (QED) is 0.774. The van der Waals surface area contributed by atoms with E-state index in [0.717, 1.165) is 18.2 Å². The number of esters is 1. The molecule has 2 N–H and O–H groups in total. The van der Waals surface area contributed by atoms with Gasteiger partial charge in [-0.1, -0.05) is 0 Å². The second-order valence-electron chi connectivity index (χ2n) is 4.95. The molecule has 2 aromatic rings. The lowest BCUT2D eigenvalue weighted by Gasteiger charge is -2.12. The molecule has 7 nitrogen and oxygen atoms in total. The molecule has 25 heavy (non-hydrogen) atoms. The lowest BCUT2D eigenvalue weighted by atomic mass is 10.3. The number of furan rings is 1. The average molecular weight is 352 g/mol. The maximum atomic E-state index is 13.4. The van der Waals surface area contributed by atoms with Crippen LogP contribution in [0.2, 0.25) is 0 Å². The fourth-order valence-corrected chi connectivity index (χ4v) is 1.78. The van der Waals surface area contributed by atoms with Crippen LogP contribution in [-0.4, -0.2) is 30.4 Å². The standard InChI is InChI=1S/C16H14F2N2O5/c1-9(19-15(22)13-3-2-6-24-13)16(23)25-8-14(21)20-12-7-10(17)4-5-11(12)18/h2-7,9H,8H2,1H3,(H,19,22)(H,20,21)/t9-/m0/s1. The van der Waals surface area contributed by atoms with Gasteiger partial charge in [-0.3, -0.25) is 9.59 Å². The van der Waals surface area contributed by atoms with Gasteiger partial charge in [0.1, 0.15) is 17.7 Å². The van der Waals surface area contributed by atoms with Crippen LogP contribution < -0.4 is 10.6 Å². The highest BCUT2D eigenvalue weighted by molar-refractivity contribution is 5.95. The number of carbonyl (C=O) groups excluding carboxylic acids is 3. The van der Waals surface area contributed by atoms with E-state index < -0.39 is 42.1 Å². The van der Waals surface area contributed by atoms with Crippen molar-refractivity contribution in [3.8, 4) is 0 Å². The third-order valence-electron chi connectivity index (χ3n) is 2.99. The molecular weight excluding hydrogens is 338 g/mol. The minimum atomic E-state index is -1.05. The van der Waals surface area contributed by atoms with Gasteiger partial charge < -0.3 is 19.8 Å². The van der Waals surface area contributed by atoms with Crippen LogP contribution in [0.1, 0.15) is 17.5 Å². The molecule has 0 saturated carbocycles. The van der Waals surface area contributed by atoms with E-state index in [1.165, 1.54) is 25.3 Å². The zero-order valence-corrected chi connectivity index (χ0v) is 13.0. The highest BCUT2D eigenvalue weighted by Crippen LogP contribution is 2.15. The zero-order valence-electron chi connectivity index (χ0n) is 13.0. The lowest BCUT2D eigenvalue weighted by Crippen LogP contribution is -2.40. The molecule has 0 unspecified atom stereocenters. The Balaban J connectivity index is 1.81. The SMILES string of the molecule is C[C@H](NC(=O)c1ccco1)C(=O)OCC(=O)Nc1cc(F)ccc1F. The summed E-state index contributed by atoms with van der Waals surface area (Å²) in [5, 5.41) is 4.40. The molecule has 1 heterocycles. The third kappa shape index (κ3) is 5.13. The van der Waals surface area contributed by atoms with E-state index in [4.69, 9.17) is 9.15 Å². The molecule has 0 aliphatic carbocycles. The van der Waals surface area contributed by atoms with E-state index in [9.17, 15) is 23.2 Å². The second-order valence-corrected chi connectivity index (χ2v) is 4.95. The van der Waals surface area contributed by atoms with Crippen LogP contribution >= 0.6 is 0 Å². The summed E-state index contributed by atoms with van der Waals surface area (Å²) in [6.45, 7) is 0.628. The Morgan fingerprint density at radius 2 is 2.00 bits per heavy atom. The van der Waals surface area contributed by atoms with Gasteiger partial charge in [0.25, 0.3) is 11.8 Å². The van der Waals surface area contributed by atoms with E-state index in [0.29, 0.717) is 0 Å². The van der Waals surface area contributed by atoms with Crippen molar-refractivity contribution in [1.82, 2.24) is 5.32 Å². The largest absolute Gasteiger partial charge is 0.459 e. The first kappa shape index (κ1) is 18.1. The number of carbonyl (C=O) groups is 3. The van der Waals surface area contributed by atoms with E-state index in [1.54, 1.807) is 0 Å². The monoisotopic (exact) mass is 352 g/mol. The molecule has 0 aliphatic rings. The number of amides is 2. The minimum absolute atomic E-state index is 0.0129. The van der Waals surface area contributed by atoms with Gasteiger partial charge in [-0.15, -0.1) is 0 Å². The van der Waals surface area contributed by atoms with Crippen molar-refractivity contribution in [3.05, 3.63) is 54.0 Å². The number of halogens is 2. The van der Waals surface area contributed by atoms with Crippen molar-refractivity contribution in [2.24, 2.45) is 0 Å². The molecular formula is C16H14F2N2O5. The van der Waals surface area contributed by atoms with E-state index in [1.807, 2.05) is 0 Å². The van der Waals surface area contributed by atoms with Crippen molar-refractivity contribution >= 4 is 23.5 Å². The molecule has 0 fully saturated rings. The van der Waals surface area contributed by atoms with Crippen LogP contribution in [0.4, 0.5) is 14.5 Å². The summed E-state index contributed by atoms with van der Waals surface area (Å²) in [5.74, 6) is -3.92. The van der Waals surface area contributed by atoms with Crippen LogP contribution in [-0.2, 0) is 14.3 Å². The van der Waals surface area contributed by atoms with Crippen molar-refractivity contribution in [1.29, 1.82) is 0 Å². The molecule has 1 aromatic carbocycles. The smallest absolute Gasteiger partial charge is 0.328 e. The van der Waals surface area contributed by atoms with Crippen LogP contribution in [0, 0.1) is 11.6 Å². The normalized spacial score (nSPS) is 11.5. The predicted molar refractivity (Wildman–Crippen MR) is 81.6 cm³/mol. The van der Waals surface area contributed by atoms with Gasteiger partial charge in [-0.05, 0) is 31.2 Å². The molecule has 2 amide bonds. The number of nitrogens with one attached hydrogen (secondary N) is 2. The summed E-state index contributed by atoms with van der Waals surface area (Å²) >= 11 is 0. The maximum Gasteiger partial charge on any atom is 0.328 e. The van der Waals surface area contributed by atoms with Gasteiger partial charge in [0.2, 0.25) is 0 Å². The molecule has 0 bridgehead atoms. The van der Waals surface area contributed by atoms with E-state index in [2.05, 4.69) is 10.6 Å². The second kappa shape index (κ2) is 8.04. The first-order valence-electron chi connectivity index (χ1n) is 7.12. The number of anilines is 1. The molecule has 0 aliphatic heterocycles. The summed E-state index contributed by atoms with van der Waals surface area (Å²) in [5.41, 5.74) is -0.375. The molecule has 2 rings (SSSR count). The third-order valence-corrected chi connectivity index (χ3v) is 2.99. The van der Waals surface area contributed by atoms with Crippen LogP contribution in [0.25, 0.3) is 0 Å². The first-order valence-corrected chi connectivity index (χ1v) is 7.12. The van der Waals surface area contributed by atoms with E-state index in [-0.39, 0.29) is 11.4 Å². The van der Waals surface area contributed by atoms with Gasteiger partial charge in [0.05, 0.1) is 12.0 Å². The lowest BCUT2D eigenvalue weighted by molar-refractivity contribution is -0.148. The van der Waals surface area contributed by atoms with Gasteiger partial charge >= 0.3 is 5.97 Å². The van der Waals surface area contributed by atoms with Crippen molar-refractivity contribution in [2.75, 3.05) is 11.9 Å². The van der Waals surface area contributed by atoms with Crippen molar-refractivity contribution < 1.29 is 32.3 Å². The number of benzene rings is 1. The molecule has 0 spiro atoms. The topological polar surface area (TPSA) is 97.6 Å². The van der Waals surface area contributed by atoms with Crippen LogP contribution in [0.3, 0.4) is 0 Å². The number of ether oxygens (including phenoxy) is 1. The first-order chi connectivity index (χ1) is 11.9. The Morgan fingerprint density at radius 1 is 1.24 bits per heavy atom. The highest BCUT2D eigenvalue weighted by Gasteiger charge is 2.20. The molecule has 1 atom stereocenters. The predicted octanol–water partition coefficient (Wildman–Crippen LogP) is 1.86. The number of hydrogen-bond acceptors (Lipinski definition) is 5. The van der Waals surface area contributed by atoms with Crippen LogP contribution in [0.5, 0.6) is 0 Å². The number of hydrogen-bond donors (Lipinski definition) is 2. The Bertz CT molecular complexity index is 777. The van der Waals surface area contributed by atoms with Crippen LogP contribution in [0.15, 0.2) is 41.0 Å².